The maximum absolute atomic E-state index is 12.8. The second kappa shape index (κ2) is 7.58. The van der Waals surface area contributed by atoms with Crippen molar-refractivity contribution in [3.8, 4) is 11.8 Å². The van der Waals surface area contributed by atoms with Crippen molar-refractivity contribution in [3.05, 3.63) is 60.2 Å². The second-order valence-electron chi connectivity index (χ2n) is 6.05. The number of amides is 1. The molecule has 2 aromatic carbocycles. The van der Waals surface area contributed by atoms with E-state index in [9.17, 15) is 13.2 Å². The van der Waals surface area contributed by atoms with Crippen LogP contribution in [0.5, 0.6) is 5.75 Å². The van der Waals surface area contributed by atoms with Crippen LogP contribution in [-0.4, -0.2) is 38.5 Å². The van der Waals surface area contributed by atoms with Crippen LogP contribution in [0.15, 0.2) is 54.6 Å². The van der Waals surface area contributed by atoms with Crippen molar-refractivity contribution in [1.29, 1.82) is 5.26 Å². The van der Waals surface area contributed by atoms with Gasteiger partial charge in [0, 0.05) is 5.69 Å². The molecule has 1 heterocycles. The summed E-state index contributed by atoms with van der Waals surface area (Å²) < 4.78 is 29.3. The number of hydrogen-bond donors (Lipinski definition) is 0. The number of anilines is 1. The van der Waals surface area contributed by atoms with Crippen molar-refractivity contribution in [1.82, 2.24) is 0 Å². The zero-order valence-corrected chi connectivity index (χ0v) is 14.9. The minimum atomic E-state index is -3.14. The van der Waals surface area contributed by atoms with Crippen LogP contribution in [0.1, 0.15) is 12.0 Å². The van der Waals surface area contributed by atoms with Gasteiger partial charge in [-0.25, -0.2) is 8.42 Å². The molecule has 1 amide bonds. The van der Waals surface area contributed by atoms with Crippen LogP contribution in [0.25, 0.3) is 0 Å². The van der Waals surface area contributed by atoms with Crippen molar-refractivity contribution in [2.24, 2.45) is 0 Å². The topological polar surface area (TPSA) is 87.5 Å². The fourth-order valence-electron chi connectivity index (χ4n) is 3.02. The molecule has 0 aromatic heterocycles. The summed E-state index contributed by atoms with van der Waals surface area (Å²) in [4.78, 5) is 14.3. The minimum Gasteiger partial charge on any atom is -0.482 e. The Labute approximate surface area is 152 Å². The number of rotatable bonds is 5. The molecular weight excluding hydrogens is 352 g/mol. The van der Waals surface area contributed by atoms with Crippen LogP contribution in [0, 0.1) is 11.3 Å². The van der Waals surface area contributed by atoms with Gasteiger partial charge in [0.2, 0.25) is 0 Å². The van der Waals surface area contributed by atoms with E-state index >= 15 is 0 Å². The zero-order valence-electron chi connectivity index (χ0n) is 14.0. The van der Waals surface area contributed by atoms with Crippen LogP contribution in [0.2, 0.25) is 0 Å². The largest absolute Gasteiger partial charge is 0.482 e. The van der Waals surface area contributed by atoms with Crippen molar-refractivity contribution in [2.45, 2.75) is 12.5 Å². The normalized spacial score (nSPS) is 18.0. The molecule has 134 valence electrons. The molecule has 26 heavy (non-hydrogen) atoms. The SMILES string of the molecule is N#Cc1ccccc1OCC(=O)N(c1ccccc1)[C@H]1CCS(=O)(=O)C1. The molecule has 2 aromatic rings. The van der Waals surface area contributed by atoms with Crippen LogP contribution < -0.4 is 9.64 Å². The molecule has 0 spiro atoms. The first-order valence-electron chi connectivity index (χ1n) is 8.19. The highest BCUT2D eigenvalue weighted by atomic mass is 32.2. The number of sulfone groups is 1. The number of para-hydroxylation sites is 2. The molecule has 0 saturated carbocycles. The monoisotopic (exact) mass is 370 g/mol. The van der Waals surface area contributed by atoms with Gasteiger partial charge in [-0.3, -0.25) is 4.79 Å². The summed E-state index contributed by atoms with van der Waals surface area (Å²) in [6.45, 7) is -0.274. The molecule has 3 rings (SSSR count). The third-order valence-corrected chi connectivity index (χ3v) is 5.99. The lowest BCUT2D eigenvalue weighted by atomic mass is 10.2. The Bertz CT molecular complexity index is 936. The molecule has 0 N–H and O–H groups in total. The maximum Gasteiger partial charge on any atom is 0.265 e. The summed E-state index contributed by atoms with van der Waals surface area (Å²) in [5, 5.41) is 9.11. The van der Waals surface area contributed by atoms with Crippen molar-refractivity contribution < 1.29 is 17.9 Å². The number of benzene rings is 2. The summed E-state index contributed by atoms with van der Waals surface area (Å²) in [6.07, 6.45) is 0.401. The second-order valence-corrected chi connectivity index (χ2v) is 8.28. The molecular formula is C19H18N2O4S. The summed E-state index contributed by atoms with van der Waals surface area (Å²) in [6, 6.07) is 17.2. The first-order chi connectivity index (χ1) is 12.5. The van der Waals surface area contributed by atoms with Crippen molar-refractivity contribution in [2.75, 3.05) is 23.0 Å². The van der Waals surface area contributed by atoms with Gasteiger partial charge in [0.15, 0.2) is 16.4 Å². The average molecular weight is 370 g/mol. The van der Waals surface area contributed by atoms with Gasteiger partial charge in [-0.1, -0.05) is 30.3 Å². The summed E-state index contributed by atoms with van der Waals surface area (Å²) in [5.74, 6) is 0.0101. The molecule has 1 atom stereocenters. The Morgan fingerprint density at radius 3 is 2.50 bits per heavy atom. The number of nitriles is 1. The van der Waals surface area contributed by atoms with E-state index in [0.29, 0.717) is 23.4 Å². The first kappa shape index (κ1) is 18.0. The lowest BCUT2D eigenvalue weighted by Crippen LogP contribution is -2.43. The smallest absolute Gasteiger partial charge is 0.265 e. The maximum atomic E-state index is 12.8. The van der Waals surface area contributed by atoms with Crippen LogP contribution in [0.3, 0.4) is 0 Å². The Kier molecular flexibility index (Phi) is 5.24. The first-order valence-corrected chi connectivity index (χ1v) is 10.0. The van der Waals surface area contributed by atoms with Gasteiger partial charge in [-0.2, -0.15) is 5.26 Å². The third kappa shape index (κ3) is 4.03. The van der Waals surface area contributed by atoms with E-state index in [1.165, 1.54) is 4.90 Å². The fourth-order valence-corrected chi connectivity index (χ4v) is 4.72. The van der Waals surface area contributed by atoms with Gasteiger partial charge in [0.1, 0.15) is 11.8 Å². The highest BCUT2D eigenvalue weighted by Crippen LogP contribution is 2.25. The van der Waals surface area contributed by atoms with Gasteiger partial charge in [0.05, 0.1) is 23.1 Å². The third-order valence-electron chi connectivity index (χ3n) is 4.24. The van der Waals surface area contributed by atoms with Gasteiger partial charge < -0.3 is 9.64 Å². The lowest BCUT2D eigenvalue weighted by molar-refractivity contribution is -0.121. The number of carbonyl (C=O) groups is 1. The molecule has 0 bridgehead atoms. The Balaban J connectivity index is 1.81. The Morgan fingerprint density at radius 1 is 1.15 bits per heavy atom. The van der Waals surface area contributed by atoms with Crippen LogP contribution >= 0.6 is 0 Å². The van der Waals surface area contributed by atoms with Crippen LogP contribution in [0.4, 0.5) is 5.69 Å². The number of ether oxygens (including phenoxy) is 1. The van der Waals surface area contributed by atoms with Gasteiger partial charge in [0.25, 0.3) is 5.91 Å². The van der Waals surface area contributed by atoms with E-state index in [1.807, 2.05) is 12.1 Å². The number of nitrogens with zero attached hydrogens (tertiary/aromatic N) is 2. The predicted molar refractivity (Wildman–Crippen MR) is 97.6 cm³/mol. The lowest BCUT2D eigenvalue weighted by Gasteiger charge is -2.28. The average Bonchev–Trinajstić information content (AvgIpc) is 3.00. The summed E-state index contributed by atoms with van der Waals surface area (Å²) in [5.41, 5.74) is 0.978. The molecule has 1 aliphatic heterocycles. The van der Waals surface area contributed by atoms with Gasteiger partial charge in [-0.05, 0) is 30.7 Å². The molecule has 0 unspecified atom stereocenters. The minimum absolute atomic E-state index is 0.0532. The predicted octanol–water partition coefficient (Wildman–Crippen LogP) is 2.16. The highest BCUT2D eigenvalue weighted by Gasteiger charge is 2.35. The van der Waals surface area contributed by atoms with Crippen molar-refractivity contribution >= 4 is 21.4 Å². The molecule has 7 heteroatoms. The van der Waals surface area contributed by atoms with Gasteiger partial charge in [-0.15, -0.1) is 0 Å². The van der Waals surface area contributed by atoms with Gasteiger partial charge >= 0.3 is 0 Å². The molecule has 0 radical (unpaired) electrons. The molecule has 0 aliphatic carbocycles. The standard InChI is InChI=1S/C19H18N2O4S/c20-12-15-6-4-5-9-18(15)25-13-19(22)21(16-7-2-1-3-8-16)17-10-11-26(23,24)14-17/h1-9,17H,10-11,13-14H2/t17-/m0/s1. The van der Waals surface area contributed by atoms with E-state index in [-0.39, 0.29) is 24.0 Å². The van der Waals surface area contributed by atoms with E-state index < -0.39 is 15.9 Å². The number of carbonyl (C=O) groups excluding carboxylic acids is 1. The van der Waals surface area contributed by atoms with Crippen LogP contribution in [-0.2, 0) is 14.6 Å². The van der Waals surface area contributed by atoms with E-state index in [0.717, 1.165) is 0 Å². The summed E-state index contributed by atoms with van der Waals surface area (Å²) in [7, 11) is -3.14. The Hall–Kier alpha value is -2.85. The Morgan fingerprint density at radius 2 is 1.85 bits per heavy atom. The molecule has 1 saturated heterocycles. The highest BCUT2D eigenvalue weighted by molar-refractivity contribution is 7.91. The zero-order chi connectivity index (χ0) is 18.6. The van der Waals surface area contributed by atoms with Crippen molar-refractivity contribution in [3.63, 3.8) is 0 Å². The summed E-state index contributed by atoms with van der Waals surface area (Å²) >= 11 is 0. The van der Waals surface area contributed by atoms with E-state index in [2.05, 4.69) is 0 Å². The number of hydrogen-bond acceptors (Lipinski definition) is 5. The molecule has 1 fully saturated rings. The molecule has 6 nitrogen and oxygen atoms in total. The van der Waals surface area contributed by atoms with E-state index in [1.54, 1.807) is 48.5 Å². The molecule has 1 aliphatic rings. The van der Waals surface area contributed by atoms with E-state index in [4.69, 9.17) is 10.00 Å². The fraction of sp³-hybridized carbons (Fsp3) is 0.263. The quantitative estimate of drug-likeness (QED) is 0.805.